The first kappa shape index (κ1) is 30.2. The van der Waals surface area contributed by atoms with Gasteiger partial charge in [0, 0.05) is 34.7 Å². The van der Waals surface area contributed by atoms with E-state index in [9.17, 15) is 0 Å². The van der Waals surface area contributed by atoms with E-state index in [1.807, 2.05) is 91.0 Å². The molecule has 0 radical (unpaired) electrons. The lowest BCUT2D eigenvalue weighted by molar-refractivity contribution is -0.0703. The number of rotatable bonds is 17. The summed E-state index contributed by atoms with van der Waals surface area (Å²) in [5.41, 5.74) is 2.80. The summed E-state index contributed by atoms with van der Waals surface area (Å²) < 4.78 is 35.6. The Morgan fingerprint density at radius 3 is 1.27 bits per heavy atom. The molecule has 0 amide bonds. The van der Waals surface area contributed by atoms with E-state index in [2.05, 4.69) is 15.0 Å². The van der Waals surface area contributed by atoms with E-state index in [0.717, 1.165) is 50.0 Å². The third-order valence-electron chi connectivity index (χ3n) is 7.03. The molecule has 230 valence electrons. The summed E-state index contributed by atoms with van der Waals surface area (Å²) in [5, 5.41) is 3.09. The summed E-state index contributed by atoms with van der Waals surface area (Å²) in [6.45, 7) is 3.12. The molecule has 3 heterocycles. The number of ether oxygens (including phenoxy) is 6. The van der Waals surface area contributed by atoms with Crippen molar-refractivity contribution in [3.05, 3.63) is 110 Å². The third-order valence-corrected chi connectivity index (χ3v) is 7.03. The quantitative estimate of drug-likeness (QED) is 0.111. The number of pyridine rings is 3. The van der Waals surface area contributed by atoms with Gasteiger partial charge in [0.05, 0.1) is 49.6 Å². The molecule has 0 atom stereocenters. The molecule has 9 nitrogen and oxygen atoms in total. The summed E-state index contributed by atoms with van der Waals surface area (Å²) in [4.78, 5) is 13.0. The van der Waals surface area contributed by atoms with Gasteiger partial charge in [-0.1, -0.05) is 18.2 Å². The Labute approximate surface area is 261 Å². The standard InChI is InChI=1S/C36H35N3O6/c1-4-27-22-30(7-10-34(27)37-13-1)42-18-16-40-25-33(45-21-20-44-32-9-12-36-29(24-32)6-3-15-39-36)26-41-17-19-43-31-8-11-35-28(23-31)5-2-14-38-35/h1-15,22-24,33H,16-21,25-26H2. The lowest BCUT2D eigenvalue weighted by Crippen LogP contribution is -2.29. The molecule has 6 aromatic rings. The van der Waals surface area contributed by atoms with Crippen LogP contribution in [0.15, 0.2) is 110 Å². The number of hydrogen-bond donors (Lipinski definition) is 0. The average Bonchev–Trinajstić information content (AvgIpc) is 3.09. The SMILES string of the molecule is c1cnc2ccc(OCCOCC(COCCOc3ccc4ncccc4c3)OCCOc3ccc4ncccc4c3)cc2c1. The fraction of sp³-hybridized carbons (Fsp3) is 0.250. The second-order valence-corrected chi connectivity index (χ2v) is 10.3. The van der Waals surface area contributed by atoms with Crippen LogP contribution in [-0.4, -0.2) is 73.9 Å². The summed E-state index contributed by atoms with van der Waals surface area (Å²) in [6.07, 6.45) is 5.05. The number of nitrogens with zero attached hydrogens (tertiary/aromatic N) is 3. The zero-order valence-corrected chi connectivity index (χ0v) is 24.9. The maximum absolute atomic E-state index is 6.09. The number of benzene rings is 3. The normalized spacial score (nSPS) is 11.4. The van der Waals surface area contributed by atoms with E-state index >= 15 is 0 Å². The molecule has 0 saturated heterocycles. The predicted molar refractivity (Wildman–Crippen MR) is 173 cm³/mol. The monoisotopic (exact) mass is 605 g/mol. The van der Waals surface area contributed by atoms with Crippen LogP contribution in [0.4, 0.5) is 0 Å². The zero-order valence-electron chi connectivity index (χ0n) is 24.9. The van der Waals surface area contributed by atoms with Crippen molar-refractivity contribution in [2.75, 3.05) is 52.9 Å². The first-order valence-corrected chi connectivity index (χ1v) is 15.0. The molecule has 0 bridgehead atoms. The van der Waals surface area contributed by atoms with Crippen molar-refractivity contribution in [3.63, 3.8) is 0 Å². The van der Waals surface area contributed by atoms with E-state index in [4.69, 9.17) is 28.4 Å². The van der Waals surface area contributed by atoms with Crippen molar-refractivity contribution >= 4 is 32.7 Å². The molecule has 0 aliphatic heterocycles. The minimum absolute atomic E-state index is 0.284. The lowest BCUT2D eigenvalue weighted by Gasteiger charge is -2.19. The second kappa shape index (κ2) is 15.8. The Morgan fingerprint density at radius 1 is 0.444 bits per heavy atom. The van der Waals surface area contributed by atoms with Gasteiger partial charge in [-0.15, -0.1) is 0 Å². The summed E-state index contributed by atoms with van der Waals surface area (Å²) in [7, 11) is 0. The van der Waals surface area contributed by atoms with Crippen molar-refractivity contribution < 1.29 is 28.4 Å². The highest BCUT2D eigenvalue weighted by molar-refractivity contribution is 5.81. The molecule has 45 heavy (non-hydrogen) atoms. The molecule has 3 aromatic carbocycles. The van der Waals surface area contributed by atoms with Crippen molar-refractivity contribution in [2.45, 2.75) is 6.10 Å². The van der Waals surface area contributed by atoms with Crippen molar-refractivity contribution in [2.24, 2.45) is 0 Å². The maximum atomic E-state index is 6.09. The Morgan fingerprint density at radius 2 is 0.844 bits per heavy atom. The van der Waals surface area contributed by atoms with Crippen LogP contribution in [-0.2, 0) is 14.2 Å². The summed E-state index contributed by atoms with van der Waals surface area (Å²) >= 11 is 0. The predicted octanol–water partition coefficient (Wildman–Crippen LogP) is 6.29. The van der Waals surface area contributed by atoms with Crippen molar-refractivity contribution in [3.8, 4) is 17.2 Å². The van der Waals surface area contributed by atoms with Gasteiger partial charge in [0.25, 0.3) is 0 Å². The van der Waals surface area contributed by atoms with E-state index in [0.29, 0.717) is 52.9 Å². The topological polar surface area (TPSA) is 94.1 Å². The highest BCUT2D eigenvalue weighted by atomic mass is 16.6. The highest BCUT2D eigenvalue weighted by Crippen LogP contribution is 2.21. The van der Waals surface area contributed by atoms with Gasteiger partial charge in [-0.25, -0.2) is 0 Å². The van der Waals surface area contributed by atoms with Crippen LogP contribution in [0.2, 0.25) is 0 Å². The van der Waals surface area contributed by atoms with E-state index < -0.39 is 0 Å². The highest BCUT2D eigenvalue weighted by Gasteiger charge is 2.11. The Hall–Kier alpha value is -4.83. The van der Waals surface area contributed by atoms with Crippen molar-refractivity contribution in [1.82, 2.24) is 15.0 Å². The Balaban J connectivity index is 0.943. The number of hydrogen-bond acceptors (Lipinski definition) is 9. The number of fused-ring (bicyclic) bond motifs is 3. The van der Waals surface area contributed by atoms with E-state index in [1.165, 1.54) is 0 Å². The van der Waals surface area contributed by atoms with E-state index in [-0.39, 0.29) is 6.10 Å². The molecule has 0 aliphatic rings. The lowest BCUT2D eigenvalue weighted by atomic mass is 10.2. The van der Waals surface area contributed by atoms with Crippen LogP contribution in [0, 0.1) is 0 Å². The molecular formula is C36H35N3O6. The smallest absolute Gasteiger partial charge is 0.120 e. The number of aromatic nitrogens is 3. The van der Waals surface area contributed by atoms with Crippen LogP contribution in [0.5, 0.6) is 17.2 Å². The minimum atomic E-state index is -0.284. The molecule has 9 heteroatoms. The van der Waals surface area contributed by atoms with Gasteiger partial charge in [-0.2, -0.15) is 0 Å². The molecule has 0 unspecified atom stereocenters. The maximum Gasteiger partial charge on any atom is 0.120 e. The van der Waals surface area contributed by atoms with Gasteiger partial charge in [0.15, 0.2) is 0 Å². The molecule has 0 aliphatic carbocycles. The second-order valence-electron chi connectivity index (χ2n) is 10.3. The Bertz CT molecular complexity index is 1730. The fourth-order valence-electron chi connectivity index (χ4n) is 4.82. The van der Waals surface area contributed by atoms with Gasteiger partial charge in [0.1, 0.15) is 43.2 Å². The van der Waals surface area contributed by atoms with Gasteiger partial charge in [-0.3, -0.25) is 15.0 Å². The van der Waals surface area contributed by atoms with Crippen LogP contribution in [0.1, 0.15) is 0 Å². The van der Waals surface area contributed by atoms with Crippen LogP contribution in [0.25, 0.3) is 32.7 Å². The average molecular weight is 606 g/mol. The van der Waals surface area contributed by atoms with Crippen LogP contribution in [0.3, 0.4) is 0 Å². The van der Waals surface area contributed by atoms with Crippen LogP contribution < -0.4 is 14.2 Å². The third kappa shape index (κ3) is 8.86. The molecule has 0 spiro atoms. The molecular weight excluding hydrogens is 570 g/mol. The molecule has 0 fully saturated rings. The molecule has 6 rings (SSSR count). The summed E-state index contributed by atoms with van der Waals surface area (Å²) in [5.74, 6) is 2.32. The molecule has 0 saturated carbocycles. The van der Waals surface area contributed by atoms with Crippen LogP contribution >= 0.6 is 0 Å². The fourth-order valence-corrected chi connectivity index (χ4v) is 4.82. The van der Waals surface area contributed by atoms with Gasteiger partial charge < -0.3 is 28.4 Å². The molecule has 3 aromatic heterocycles. The largest absolute Gasteiger partial charge is 0.491 e. The first-order chi connectivity index (χ1) is 22.3. The van der Waals surface area contributed by atoms with E-state index in [1.54, 1.807) is 18.6 Å². The van der Waals surface area contributed by atoms with Gasteiger partial charge in [0.2, 0.25) is 0 Å². The first-order valence-electron chi connectivity index (χ1n) is 15.0. The molecule has 0 N–H and O–H groups in total. The summed E-state index contributed by atoms with van der Waals surface area (Å²) in [6, 6.07) is 29.3. The van der Waals surface area contributed by atoms with Crippen molar-refractivity contribution in [1.29, 1.82) is 0 Å². The minimum Gasteiger partial charge on any atom is -0.491 e. The Kier molecular flexibility index (Phi) is 10.6. The van der Waals surface area contributed by atoms with Gasteiger partial charge in [-0.05, 0) is 72.8 Å². The zero-order chi connectivity index (χ0) is 30.5. The van der Waals surface area contributed by atoms with Gasteiger partial charge >= 0.3 is 0 Å².